The molecule has 2 bridgehead atoms. The first kappa shape index (κ1) is 59.3. The summed E-state index contributed by atoms with van der Waals surface area (Å²) < 4.78 is 43.7. The highest BCUT2D eigenvalue weighted by molar-refractivity contribution is 6.04. The molecule has 4 aliphatic heterocycles. The molecular formula is C60H74F2N10O7. The number of aromatic nitrogens is 3. The number of benzene rings is 3. The Hall–Kier alpha value is -7.37. The first-order valence-electron chi connectivity index (χ1n) is 27.0. The van der Waals surface area contributed by atoms with Gasteiger partial charge >= 0.3 is 6.01 Å². The largest absolute Gasteiger partial charge is 0.508 e. The summed E-state index contributed by atoms with van der Waals surface area (Å²) in [7, 11) is 6.80. The maximum Gasteiger partial charge on any atom is 0.319 e. The van der Waals surface area contributed by atoms with Crippen LogP contribution in [0.3, 0.4) is 0 Å². The van der Waals surface area contributed by atoms with Crippen molar-refractivity contribution in [2.24, 2.45) is 0 Å². The third kappa shape index (κ3) is 13.4. The number of rotatable bonds is 22. The number of allylic oxidation sites excluding steroid dienone is 1. The summed E-state index contributed by atoms with van der Waals surface area (Å²) in [4.78, 5) is 64.9. The molecule has 79 heavy (non-hydrogen) atoms. The number of piperazine rings is 1. The number of carbonyl (C=O) groups is 4. The third-order valence-corrected chi connectivity index (χ3v) is 15.5. The van der Waals surface area contributed by atoms with E-state index in [0.29, 0.717) is 79.7 Å². The van der Waals surface area contributed by atoms with Gasteiger partial charge in [0.2, 0.25) is 5.91 Å². The van der Waals surface area contributed by atoms with Crippen molar-refractivity contribution in [3.8, 4) is 35.4 Å². The van der Waals surface area contributed by atoms with Crippen LogP contribution in [0.5, 0.6) is 11.8 Å². The number of phenolic OH excluding ortho intramolecular Hbond substituents is 1. The van der Waals surface area contributed by atoms with Gasteiger partial charge in [0.15, 0.2) is 12.1 Å². The summed E-state index contributed by atoms with van der Waals surface area (Å²) in [5.74, 6) is 0.874. The number of unbranched alkanes of at least 4 members (excludes halogenated alkanes) is 3. The van der Waals surface area contributed by atoms with Crippen molar-refractivity contribution in [2.45, 2.75) is 100 Å². The number of methoxy groups -OCH3 is 1. The molecule has 0 aliphatic carbocycles. The van der Waals surface area contributed by atoms with Crippen LogP contribution in [-0.4, -0.2) is 159 Å². The van der Waals surface area contributed by atoms with Gasteiger partial charge in [0.05, 0.1) is 28.7 Å². The average Bonchev–Trinajstić information content (AvgIpc) is 4.20. The number of nitrogens with zero attached hydrogens (tertiary/aromatic N) is 6. The molecule has 5 N–H and O–H groups in total. The van der Waals surface area contributed by atoms with E-state index in [1.54, 1.807) is 51.7 Å². The zero-order valence-electron chi connectivity index (χ0n) is 45.8. The second kappa shape index (κ2) is 27.5. The van der Waals surface area contributed by atoms with Crippen molar-refractivity contribution in [3.05, 3.63) is 102 Å². The first-order chi connectivity index (χ1) is 38.3. The Balaban J connectivity index is 0.000000246. The lowest BCUT2D eigenvalue weighted by atomic mass is 9.94. The lowest BCUT2D eigenvalue weighted by Gasteiger charge is -2.35. The van der Waals surface area contributed by atoms with E-state index < -0.39 is 17.7 Å². The van der Waals surface area contributed by atoms with Crippen LogP contribution < -0.4 is 30.9 Å². The summed E-state index contributed by atoms with van der Waals surface area (Å²) in [5.41, 5.74) is 2.36. The third-order valence-electron chi connectivity index (χ3n) is 15.5. The maximum atomic E-state index is 16.9. The summed E-state index contributed by atoms with van der Waals surface area (Å²) in [5, 5.41) is 24.4. The smallest absolute Gasteiger partial charge is 0.319 e. The van der Waals surface area contributed by atoms with E-state index in [4.69, 9.17) is 25.7 Å². The fraction of sp³-hybridized carbons (Fsp3) is 0.450. The van der Waals surface area contributed by atoms with Crippen LogP contribution in [-0.2, 0) is 14.3 Å². The van der Waals surface area contributed by atoms with Gasteiger partial charge in [-0.2, -0.15) is 9.97 Å². The normalized spacial score (nSPS) is 19.6. The van der Waals surface area contributed by atoms with Crippen LogP contribution >= 0.6 is 0 Å². The fourth-order valence-corrected chi connectivity index (χ4v) is 11.6. The molecule has 4 aliphatic rings. The number of anilines is 2. The maximum absolute atomic E-state index is 16.9. The topological polar surface area (TPSA) is 203 Å². The predicted octanol–water partition coefficient (Wildman–Crippen LogP) is 7.60. The number of fused-ring (bicyclic) bond motifs is 5. The number of terminal acetylenes is 1. The average molecular weight is 1090 g/mol. The lowest BCUT2D eigenvalue weighted by Crippen LogP contribution is -2.51. The molecule has 3 unspecified atom stereocenters. The molecule has 420 valence electrons. The molecule has 19 heteroatoms. The van der Waals surface area contributed by atoms with Gasteiger partial charge in [0.1, 0.15) is 48.0 Å². The fourth-order valence-electron chi connectivity index (χ4n) is 11.6. The lowest BCUT2D eigenvalue weighted by molar-refractivity contribution is -0.125. The Bertz CT molecular complexity index is 3050. The number of ether oxygens (including phenoxy) is 2. The van der Waals surface area contributed by atoms with Gasteiger partial charge in [-0.25, -0.2) is 8.78 Å². The number of halogens is 2. The minimum atomic E-state index is -0.733. The Morgan fingerprint density at radius 2 is 1.80 bits per heavy atom. The van der Waals surface area contributed by atoms with Gasteiger partial charge in [-0.15, -0.1) is 13.0 Å². The van der Waals surface area contributed by atoms with Crippen LogP contribution in [0, 0.1) is 24.0 Å². The van der Waals surface area contributed by atoms with E-state index >= 15 is 4.39 Å². The molecule has 5 atom stereocenters. The highest BCUT2D eigenvalue weighted by Crippen LogP contribution is 2.45. The molecule has 6 heterocycles. The quantitative estimate of drug-likeness (QED) is 0.0196. The molecule has 3 aromatic carbocycles. The Kier molecular flexibility index (Phi) is 20.6. The second-order valence-electron chi connectivity index (χ2n) is 20.7. The predicted molar refractivity (Wildman–Crippen MR) is 305 cm³/mol. The van der Waals surface area contributed by atoms with Crippen LogP contribution in [0.1, 0.15) is 96.9 Å². The van der Waals surface area contributed by atoms with Crippen LogP contribution in [0.4, 0.5) is 20.3 Å². The second-order valence-corrected chi connectivity index (χ2v) is 20.7. The molecule has 0 radical (unpaired) electrons. The number of carbonyl (C=O) groups excluding carboxylic acids is 4. The van der Waals surface area contributed by atoms with Crippen molar-refractivity contribution in [2.75, 3.05) is 84.4 Å². The van der Waals surface area contributed by atoms with E-state index in [9.17, 15) is 23.9 Å². The van der Waals surface area contributed by atoms with Crippen molar-refractivity contribution in [3.63, 3.8) is 0 Å². The van der Waals surface area contributed by atoms with Gasteiger partial charge in [-0.05, 0) is 113 Å². The minimum absolute atomic E-state index is 0.0323. The highest BCUT2D eigenvalue weighted by atomic mass is 19.1. The Morgan fingerprint density at radius 1 is 1.05 bits per heavy atom. The van der Waals surface area contributed by atoms with E-state index in [1.165, 1.54) is 42.0 Å². The Labute approximate surface area is 461 Å². The van der Waals surface area contributed by atoms with E-state index in [1.807, 2.05) is 13.8 Å². The van der Waals surface area contributed by atoms with Crippen molar-refractivity contribution >= 4 is 58.1 Å². The number of aldehydes is 1. The van der Waals surface area contributed by atoms with E-state index in [-0.39, 0.29) is 68.4 Å². The number of hydrogen-bond donors (Lipinski definition) is 5. The molecule has 9 rings (SSSR count). The monoisotopic (exact) mass is 1080 g/mol. The molecule has 2 amide bonds. The van der Waals surface area contributed by atoms with Crippen molar-refractivity contribution < 1.29 is 42.5 Å². The Morgan fingerprint density at radius 3 is 2.48 bits per heavy atom. The van der Waals surface area contributed by atoms with E-state index in [0.717, 1.165) is 75.8 Å². The minimum Gasteiger partial charge on any atom is -0.508 e. The van der Waals surface area contributed by atoms with E-state index in [2.05, 4.69) is 60.1 Å². The van der Waals surface area contributed by atoms with Crippen LogP contribution in [0.2, 0.25) is 0 Å². The number of nitrogens with one attached hydrogen (secondary N) is 4. The summed E-state index contributed by atoms with van der Waals surface area (Å²) in [6, 6.07) is 11.0. The van der Waals surface area contributed by atoms with Gasteiger partial charge in [0, 0.05) is 93.9 Å². The number of likely N-dealkylation sites (N-methyl/N-ethyl adjacent to an activating group) is 2. The molecular weight excluding hydrogens is 1010 g/mol. The first-order valence-corrected chi connectivity index (χ1v) is 27.0. The zero-order valence-corrected chi connectivity index (χ0v) is 45.8. The molecule has 4 fully saturated rings. The zero-order chi connectivity index (χ0) is 56.8. The summed E-state index contributed by atoms with van der Waals surface area (Å²) in [6.07, 6.45) is 20.1. The van der Waals surface area contributed by atoms with Gasteiger partial charge in [-0.3, -0.25) is 24.3 Å². The van der Waals surface area contributed by atoms with Gasteiger partial charge in [0.25, 0.3) is 5.91 Å². The molecule has 0 saturated carbocycles. The number of phenols is 1. The van der Waals surface area contributed by atoms with Crippen LogP contribution in [0.25, 0.3) is 32.9 Å². The number of aromatic hydroxyl groups is 1. The standard InChI is InChI=1S/C36H36F2N6O3.C23H36N4O3.CH2O/c1-4-26-29(37)8-5-21-11-25(45)12-27(30(21)26)32-31(38)33-28(14-39-32)34(43-16-22-6-7-23(17-43)40-22)42-35(41-33)47-19-36-10-9-24(18-46-3)44(36)15-20(2)13-36;1-5-6-11-21(22(29)25-3)27(4)23(30)20-13-12-19(16-18(20)17-28)26-15-10-8-7-9-14-24-2;1-2/h1,5,8,11-12,14,22-24,40,45H,2,6-7,9-10,13,15-19H2,3H3;5,12-13,16-17,21,24,26H,1,6-11,14-15H2,2-4H3,(H,25,29);1H2/t22?,23?,24-,36-;;/m0../s1. The molecule has 17 nitrogen and oxygen atoms in total. The van der Waals surface area contributed by atoms with Crippen molar-refractivity contribution in [1.29, 1.82) is 0 Å². The molecule has 0 spiro atoms. The molecule has 4 saturated heterocycles. The molecule has 5 aromatic rings. The number of pyridine rings is 1. The number of amides is 2. The van der Waals surface area contributed by atoms with Gasteiger partial charge in [-0.1, -0.05) is 43.1 Å². The van der Waals surface area contributed by atoms with Crippen molar-refractivity contribution in [1.82, 2.24) is 40.7 Å². The summed E-state index contributed by atoms with van der Waals surface area (Å²) in [6.45, 7) is 15.0. The van der Waals surface area contributed by atoms with Gasteiger partial charge < -0.3 is 50.4 Å². The molecule has 2 aromatic heterocycles. The highest BCUT2D eigenvalue weighted by Gasteiger charge is 2.51. The summed E-state index contributed by atoms with van der Waals surface area (Å²) >= 11 is 0. The SMILES string of the molecule is C#Cc1c(F)ccc2cc(O)cc(-c3ncc4c(N5CC6CCC(C5)N6)nc(OC[C@@]56CC[C@@H](COC)N5CC(=C)C6)nc4c3F)c12.C=CCCC(C(=O)NC)N(C)C(=O)c1ccc(NCCCCCCNC)cc1C=O.C=O. The van der Waals surface area contributed by atoms with Crippen LogP contribution in [0.15, 0.2) is 73.5 Å². The number of hydrogen-bond acceptors (Lipinski definition) is 15.